The van der Waals surface area contributed by atoms with Crippen LogP contribution in [0, 0.1) is 0 Å². The summed E-state index contributed by atoms with van der Waals surface area (Å²) in [7, 11) is 0. The first-order valence-corrected chi connectivity index (χ1v) is 6.08. The Morgan fingerprint density at radius 3 is 2.67 bits per heavy atom. The van der Waals surface area contributed by atoms with Crippen LogP contribution in [-0.4, -0.2) is 21.8 Å². The van der Waals surface area contributed by atoms with Gasteiger partial charge in [0.2, 0.25) is 0 Å². The van der Waals surface area contributed by atoms with E-state index >= 15 is 0 Å². The highest BCUT2D eigenvalue weighted by molar-refractivity contribution is 5.89. The van der Waals surface area contributed by atoms with Crippen molar-refractivity contribution in [2.45, 2.75) is 31.3 Å². The fourth-order valence-electron chi connectivity index (χ4n) is 2.75. The average molecular weight is 246 g/mol. The Morgan fingerprint density at radius 1 is 1.28 bits per heavy atom. The lowest BCUT2D eigenvalue weighted by atomic mass is 9.94. The van der Waals surface area contributed by atoms with Crippen LogP contribution in [0.5, 0.6) is 5.75 Å². The molecule has 1 spiro atoms. The molecule has 0 radical (unpaired) electrons. The number of aliphatic hydroxyl groups is 1. The number of fused-ring (bicyclic) bond motifs is 1. The predicted octanol–water partition coefficient (Wildman–Crippen LogP) is 2.99. The quantitative estimate of drug-likeness (QED) is 0.799. The molecule has 4 nitrogen and oxygen atoms in total. The third-order valence-electron chi connectivity index (χ3n) is 3.67. The van der Waals surface area contributed by atoms with Gasteiger partial charge in [-0.3, -0.25) is 0 Å². The van der Waals surface area contributed by atoms with E-state index in [1.54, 1.807) is 12.1 Å². The van der Waals surface area contributed by atoms with Crippen molar-refractivity contribution in [2.24, 2.45) is 0 Å². The Labute approximate surface area is 105 Å². The second kappa shape index (κ2) is 3.77. The SMILES string of the molecule is O=C(O)c1ccc2c(c1)C(O)=CC1(CCCC1)O2. The molecule has 18 heavy (non-hydrogen) atoms. The molecule has 1 aromatic rings. The maximum absolute atomic E-state index is 10.9. The van der Waals surface area contributed by atoms with Crippen molar-refractivity contribution in [3.63, 3.8) is 0 Å². The number of hydrogen-bond donors (Lipinski definition) is 2. The standard InChI is InChI=1S/C14H14O4/c15-11-8-14(5-1-2-6-14)18-12-4-3-9(13(16)17)7-10(11)12/h3-4,7-8,15H,1-2,5-6H2,(H,16,17). The van der Waals surface area contributed by atoms with Gasteiger partial charge in [-0.2, -0.15) is 0 Å². The van der Waals surface area contributed by atoms with Gasteiger partial charge in [-0.05, 0) is 43.9 Å². The van der Waals surface area contributed by atoms with Crippen LogP contribution in [0.4, 0.5) is 0 Å². The summed E-state index contributed by atoms with van der Waals surface area (Å²) in [6.45, 7) is 0. The number of carboxylic acid groups (broad SMARTS) is 1. The Bertz CT molecular complexity index is 539. The van der Waals surface area contributed by atoms with Crippen molar-refractivity contribution < 1.29 is 19.7 Å². The van der Waals surface area contributed by atoms with Crippen molar-refractivity contribution in [3.8, 4) is 5.75 Å². The summed E-state index contributed by atoms with van der Waals surface area (Å²) in [5, 5.41) is 19.0. The Hall–Kier alpha value is -1.97. The Morgan fingerprint density at radius 2 is 2.00 bits per heavy atom. The van der Waals surface area contributed by atoms with Gasteiger partial charge in [0, 0.05) is 6.08 Å². The van der Waals surface area contributed by atoms with Gasteiger partial charge in [0.15, 0.2) is 0 Å². The van der Waals surface area contributed by atoms with Crippen molar-refractivity contribution in [2.75, 3.05) is 0 Å². The molecule has 0 aromatic heterocycles. The number of aromatic carboxylic acids is 1. The summed E-state index contributed by atoms with van der Waals surface area (Å²) in [6.07, 6.45) is 5.71. The molecule has 0 atom stereocenters. The zero-order valence-corrected chi connectivity index (χ0v) is 9.85. The van der Waals surface area contributed by atoms with Gasteiger partial charge in [0.1, 0.15) is 17.1 Å². The molecule has 0 unspecified atom stereocenters. The fraction of sp³-hybridized carbons (Fsp3) is 0.357. The molecular formula is C14H14O4. The number of rotatable bonds is 1. The molecular weight excluding hydrogens is 232 g/mol. The molecule has 1 fully saturated rings. The number of hydrogen-bond acceptors (Lipinski definition) is 3. The lowest BCUT2D eigenvalue weighted by Crippen LogP contribution is -2.33. The highest BCUT2D eigenvalue weighted by atomic mass is 16.5. The first kappa shape index (κ1) is 11.1. The van der Waals surface area contributed by atoms with E-state index in [4.69, 9.17) is 9.84 Å². The van der Waals surface area contributed by atoms with E-state index in [0.29, 0.717) is 11.3 Å². The normalized spacial score (nSPS) is 20.1. The summed E-state index contributed by atoms with van der Waals surface area (Å²) >= 11 is 0. The minimum absolute atomic E-state index is 0.126. The molecule has 1 heterocycles. The van der Waals surface area contributed by atoms with E-state index in [-0.39, 0.29) is 16.9 Å². The molecule has 2 aliphatic rings. The number of carbonyl (C=O) groups is 1. The molecule has 94 valence electrons. The van der Waals surface area contributed by atoms with Crippen molar-refractivity contribution in [3.05, 3.63) is 35.4 Å². The molecule has 1 aliphatic carbocycles. The molecule has 2 N–H and O–H groups in total. The average Bonchev–Trinajstić information content (AvgIpc) is 2.76. The maximum atomic E-state index is 10.9. The van der Waals surface area contributed by atoms with Gasteiger partial charge < -0.3 is 14.9 Å². The van der Waals surface area contributed by atoms with Crippen LogP contribution < -0.4 is 4.74 Å². The second-order valence-corrected chi connectivity index (χ2v) is 4.92. The summed E-state index contributed by atoms with van der Waals surface area (Å²) in [5.41, 5.74) is 0.231. The van der Waals surface area contributed by atoms with Crippen LogP contribution in [0.15, 0.2) is 24.3 Å². The van der Waals surface area contributed by atoms with Crippen LogP contribution in [-0.2, 0) is 0 Å². The number of aliphatic hydroxyl groups excluding tert-OH is 1. The summed E-state index contributed by atoms with van der Waals surface area (Å²) in [6, 6.07) is 4.58. The molecule has 0 bridgehead atoms. The second-order valence-electron chi connectivity index (χ2n) is 4.92. The number of benzene rings is 1. The fourth-order valence-corrected chi connectivity index (χ4v) is 2.75. The van der Waals surface area contributed by atoms with Gasteiger partial charge in [-0.15, -0.1) is 0 Å². The highest BCUT2D eigenvalue weighted by Gasteiger charge is 2.38. The van der Waals surface area contributed by atoms with Crippen LogP contribution in [0.2, 0.25) is 0 Å². The summed E-state index contributed by atoms with van der Waals surface area (Å²) in [5.74, 6) is -0.310. The Balaban J connectivity index is 2.05. The van der Waals surface area contributed by atoms with E-state index in [0.717, 1.165) is 25.7 Å². The first-order valence-electron chi connectivity index (χ1n) is 6.08. The highest BCUT2D eigenvalue weighted by Crippen LogP contribution is 2.43. The van der Waals surface area contributed by atoms with E-state index in [1.165, 1.54) is 12.1 Å². The van der Waals surface area contributed by atoms with Gasteiger partial charge >= 0.3 is 5.97 Å². The third kappa shape index (κ3) is 1.65. The molecule has 1 aliphatic heterocycles. The molecule has 0 amide bonds. The van der Waals surface area contributed by atoms with Crippen LogP contribution >= 0.6 is 0 Å². The largest absolute Gasteiger partial charge is 0.507 e. The van der Waals surface area contributed by atoms with Crippen molar-refractivity contribution >= 4 is 11.7 Å². The lowest BCUT2D eigenvalue weighted by Gasteiger charge is -2.32. The summed E-state index contributed by atoms with van der Waals surface area (Å²) in [4.78, 5) is 10.9. The predicted molar refractivity (Wildman–Crippen MR) is 65.8 cm³/mol. The van der Waals surface area contributed by atoms with Gasteiger partial charge in [0.05, 0.1) is 11.1 Å². The molecule has 3 rings (SSSR count). The van der Waals surface area contributed by atoms with E-state index < -0.39 is 5.97 Å². The topological polar surface area (TPSA) is 66.8 Å². The third-order valence-corrected chi connectivity index (χ3v) is 3.67. The first-order chi connectivity index (χ1) is 8.60. The molecule has 0 saturated heterocycles. The molecule has 1 saturated carbocycles. The maximum Gasteiger partial charge on any atom is 0.335 e. The number of carboxylic acids is 1. The van der Waals surface area contributed by atoms with Crippen LogP contribution in [0.25, 0.3) is 5.76 Å². The van der Waals surface area contributed by atoms with E-state index in [9.17, 15) is 9.90 Å². The zero-order chi connectivity index (χ0) is 12.8. The van der Waals surface area contributed by atoms with Crippen molar-refractivity contribution in [1.29, 1.82) is 0 Å². The van der Waals surface area contributed by atoms with Crippen LogP contribution in [0.1, 0.15) is 41.6 Å². The monoisotopic (exact) mass is 246 g/mol. The van der Waals surface area contributed by atoms with E-state index in [2.05, 4.69) is 0 Å². The smallest absolute Gasteiger partial charge is 0.335 e. The summed E-state index contributed by atoms with van der Waals surface area (Å²) < 4.78 is 5.96. The lowest BCUT2D eigenvalue weighted by molar-refractivity contribution is 0.0696. The molecule has 1 aromatic carbocycles. The van der Waals surface area contributed by atoms with Gasteiger partial charge in [0.25, 0.3) is 0 Å². The van der Waals surface area contributed by atoms with Gasteiger partial charge in [-0.1, -0.05) is 0 Å². The van der Waals surface area contributed by atoms with Gasteiger partial charge in [-0.25, -0.2) is 4.79 Å². The van der Waals surface area contributed by atoms with Crippen LogP contribution in [0.3, 0.4) is 0 Å². The minimum atomic E-state index is -1.01. The van der Waals surface area contributed by atoms with Crippen molar-refractivity contribution in [1.82, 2.24) is 0 Å². The number of ether oxygens (including phenoxy) is 1. The van der Waals surface area contributed by atoms with E-state index in [1.807, 2.05) is 0 Å². The zero-order valence-electron chi connectivity index (χ0n) is 9.85. The molecule has 4 heteroatoms. The Kier molecular flexibility index (Phi) is 2.33. The minimum Gasteiger partial charge on any atom is -0.507 e.